The van der Waals surface area contributed by atoms with Crippen LogP contribution in [0.25, 0.3) is 0 Å². The largest absolute Gasteiger partial charge is 0.854 e. The fraction of sp³-hybridized carbons (Fsp3) is 1.00. The normalized spacial score (nSPS) is 23.6. The average molecular weight is 99.2 g/mol. The molecule has 1 fully saturated rings. The first-order valence-electron chi connectivity index (χ1n) is 3.01. The van der Waals surface area contributed by atoms with Crippen molar-refractivity contribution in [2.24, 2.45) is 5.92 Å². The molecule has 0 saturated heterocycles. The lowest BCUT2D eigenvalue weighted by atomic mass is 10.1. The molecule has 0 aliphatic heterocycles. The first-order chi connectivity index (χ1) is 3.43. The first kappa shape index (κ1) is 5.10. The summed E-state index contributed by atoms with van der Waals surface area (Å²) in [6.07, 6.45) is 4.99. The molecule has 1 nitrogen and oxygen atoms in total. The molecular weight excluding hydrogens is 88.1 g/mol. The Labute approximate surface area is 44.4 Å². The Morgan fingerprint density at radius 2 is 1.86 bits per heavy atom. The molecule has 0 aromatic carbocycles. The van der Waals surface area contributed by atoms with Crippen molar-refractivity contribution in [3.8, 4) is 0 Å². The summed E-state index contributed by atoms with van der Waals surface area (Å²) in [6.45, 7) is 0.167. The minimum atomic E-state index is 0.167. The van der Waals surface area contributed by atoms with Gasteiger partial charge in [-0.25, -0.2) is 0 Å². The lowest BCUT2D eigenvalue weighted by molar-refractivity contribution is -0.378. The van der Waals surface area contributed by atoms with Crippen LogP contribution in [-0.2, 0) is 0 Å². The highest BCUT2D eigenvalue weighted by Crippen LogP contribution is 2.22. The molecular formula is C6H11O-. The van der Waals surface area contributed by atoms with E-state index in [1.165, 1.54) is 25.7 Å². The molecule has 1 aliphatic carbocycles. The Kier molecular flexibility index (Phi) is 1.69. The van der Waals surface area contributed by atoms with Crippen LogP contribution in [0, 0.1) is 5.92 Å². The topological polar surface area (TPSA) is 23.1 Å². The summed E-state index contributed by atoms with van der Waals surface area (Å²) in [5, 5.41) is 10.1. The van der Waals surface area contributed by atoms with Gasteiger partial charge in [0.25, 0.3) is 0 Å². The highest BCUT2D eigenvalue weighted by molar-refractivity contribution is 4.64. The van der Waals surface area contributed by atoms with Crippen LogP contribution < -0.4 is 5.11 Å². The van der Waals surface area contributed by atoms with Gasteiger partial charge in [-0.05, 0) is 0 Å². The molecule has 0 unspecified atom stereocenters. The van der Waals surface area contributed by atoms with Gasteiger partial charge in [0, 0.05) is 0 Å². The summed E-state index contributed by atoms with van der Waals surface area (Å²) in [4.78, 5) is 0. The van der Waals surface area contributed by atoms with Crippen molar-refractivity contribution >= 4 is 0 Å². The first-order valence-corrected chi connectivity index (χ1v) is 3.01. The quantitative estimate of drug-likeness (QED) is 0.470. The summed E-state index contributed by atoms with van der Waals surface area (Å²) in [6, 6.07) is 0. The minimum absolute atomic E-state index is 0.167. The van der Waals surface area contributed by atoms with Crippen LogP contribution in [0.15, 0.2) is 0 Å². The molecule has 1 saturated carbocycles. The molecule has 1 rings (SSSR count). The van der Waals surface area contributed by atoms with E-state index in [0.29, 0.717) is 5.92 Å². The van der Waals surface area contributed by atoms with E-state index in [-0.39, 0.29) is 6.61 Å². The van der Waals surface area contributed by atoms with E-state index in [1.54, 1.807) is 0 Å². The van der Waals surface area contributed by atoms with Crippen molar-refractivity contribution < 1.29 is 5.11 Å². The van der Waals surface area contributed by atoms with Crippen molar-refractivity contribution in [2.45, 2.75) is 25.7 Å². The maximum atomic E-state index is 10.1. The molecule has 1 heteroatoms. The zero-order valence-electron chi connectivity index (χ0n) is 4.52. The van der Waals surface area contributed by atoms with Gasteiger partial charge in [-0.1, -0.05) is 31.6 Å². The molecule has 0 radical (unpaired) electrons. The van der Waals surface area contributed by atoms with Crippen LogP contribution in [0.1, 0.15) is 25.7 Å². The molecule has 0 aromatic heterocycles. The zero-order valence-corrected chi connectivity index (χ0v) is 4.52. The Bertz CT molecular complexity index is 46.1. The SMILES string of the molecule is [O-]CC1CCCC1. The molecule has 0 spiro atoms. The average Bonchev–Trinajstić information content (AvgIpc) is 2.14. The van der Waals surface area contributed by atoms with Crippen LogP contribution in [0.2, 0.25) is 0 Å². The minimum Gasteiger partial charge on any atom is -0.854 e. The summed E-state index contributed by atoms with van der Waals surface area (Å²) in [5.41, 5.74) is 0. The summed E-state index contributed by atoms with van der Waals surface area (Å²) in [5.74, 6) is 0.542. The molecule has 0 bridgehead atoms. The lowest BCUT2D eigenvalue weighted by Crippen LogP contribution is -2.14. The van der Waals surface area contributed by atoms with Crippen LogP contribution in [-0.4, -0.2) is 6.61 Å². The van der Waals surface area contributed by atoms with E-state index in [2.05, 4.69) is 0 Å². The van der Waals surface area contributed by atoms with Crippen LogP contribution in [0.3, 0.4) is 0 Å². The Balaban J connectivity index is 2.14. The van der Waals surface area contributed by atoms with Gasteiger partial charge in [0.05, 0.1) is 0 Å². The molecule has 0 aromatic rings. The van der Waals surface area contributed by atoms with Gasteiger partial charge in [-0.3, -0.25) is 0 Å². The maximum absolute atomic E-state index is 10.1. The van der Waals surface area contributed by atoms with Gasteiger partial charge in [0.1, 0.15) is 0 Å². The number of rotatable bonds is 1. The third-order valence-electron chi connectivity index (χ3n) is 1.71. The summed E-state index contributed by atoms with van der Waals surface area (Å²) in [7, 11) is 0. The molecule has 0 amide bonds. The van der Waals surface area contributed by atoms with Gasteiger partial charge in [-0.2, -0.15) is 0 Å². The fourth-order valence-electron chi connectivity index (χ4n) is 1.18. The predicted octanol–water partition coefficient (Wildman–Crippen LogP) is 0.537. The van der Waals surface area contributed by atoms with Gasteiger partial charge in [-0.15, -0.1) is 6.61 Å². The Morgan fingerprint density at radius 1 is 1.29 bits per heavy atom. The van der Waals surface area contributed by atoms with E-state index < -0.39 is 0 Å². The van der Waals surface area contributed by atoms with Crippen LogP contribution in [0.4, 0.5) is 0 Å². The van der Waals surface area contributed by atoms with E-state index >= 15 is 0 Å². The van der Waals surface area contributed by atoms with Gasteiger partial charge in [0.15, 0.2) is 0 Å². The highest BCUT2D eigenvalue weighted by atomic mass is 16.3. The predicted molar refractivity (Wildman–Crippen MR) is 26.8 cm³/mol. The third-order valence-corrected chi connectivity index (χ3v) is 1.71. The van der Waals surface area contributed by atoms with Gasteiger partial charge >= 0.3 is 0 Å². The van der Waals surface area contributed by atoms with Crippen LogP contribution in [0.5, 0.6) is 0 Å². The molecule has 42 valence electrons. The molecule has 7 heavy (non-hydrogen) atoms. The van der Waals surface area contributed by atoms with Crippen molar-refractivity contribution in [3.63, 3.8) is 0 Å². The van der Waals surface area contributed by atoms with E-state index in [1.807, 2.05) is 0 Å². The second-order valence-electron chi connectivity index (χ2n) is 2.32. The third kappa shape index (κ3) is 1.16. The van der Waals surface area contributed by atoms with Crippen molar-refractivity contribution in [1.82, 2.24) is 0 Å². The summed E-state index contributed by atoms with van der Waals surface area (Å²) < 4.78 is 0. The van der Waals surface area contributed by atoms with E-state index in [4.69, 9.17) is 0 Å². The monoisotopic (exact) mass is 99.1 g/mol. The molecule has 0 heterocycles. The molecule has 0 N–H and O–H groups in total. The lowest BCUT2D eigenvalue weighted by Gasteiger charge is -2.09. The molecule has 0 atom stereocenters. The second-order valence-corrected chi connectivity index (χ2v) is 2.32. The van der Waals surface area contributed by atoms with Crippen LogP contribution >= 0.6 is 0 Å². The highest BCUT2D eigenvalue weighted by Gasteiger charge is 2.08. The van der Waals surface area contributed by atoms with E-state index in [0.717, 1.165) is 0 Å². The standard InChI is InChI=1S/C6H11O/c7-5-6-3-1-2-4-6/h6H,1-5H2/q-1. The number of hydrogen-bond acceptors (Lipinski definition) is 1. The van der Waals surface area contributed by atoms with Crippen molar-refractivity contribution in [2.75, 3.05) is 6.61 Å². The fourth-order valence-corrected chi connectivity index (χ4v) is 1.18. The second kappa shape index (κ2) is 2.31. The van der Waals surface area contributed by atoms with Crippen molar-refractivity contribution in [3.05, 3.63) is 0 Å². The summed E-state index contributed by atoms with van der Waals surface area (Å²) >= 11 is 0. The van der Waals surface area contributed by atoms with E-state index in [9.17, 15) is 5.11 Å². The molecule has 1 aliphatic rings. The Hall–Kier alpha value is -0.0400. The smallest absolute Gasteiger partial charge is 0.0517 e. The Morgan fingerprint density at radius 3 is 2.14 bits per heavy atom. The maximum Gasteiger partial charge on any atom is -0.0517 e. The van der Waals surface area contributed by atoms with Gasteiger partial charge < -0.3 is 5.11 Å². The zero-order chi connectivity index (χ0) is 5.11. The van der Waals surface area contributed by atoms with Gasteiger partial charge in [0.2, 0.25) is 0 Å². The number of hydrogen-bond donors (Lipinski definition) is 0. The van der Waals surface area contributed by atoms with Crippen molar-refractivity contribution in [1.29, 1.82) is 0 Å².